The third kappa shape index (κ3) is 5.30. The molecule has 1 amide bonds. The molecule has 2 heterocycles. The molecule has 27 heavy (non-hydrogen) atoms. The minimum absolute atomic E-state index is 0.0550. The third-order valence-electron chi connectivity index (χ3n) is 5.72. The van der Waals surface area contributed by atoms with Gasteiger partial charge in [-0.3, -0.25) is 4.79 Å². The highest BCUT2D eigenvalue weighted by atomic mass is 32.2. The minimum atomic E-state index is -3.49. The molecular formula is C20H31N3O3S. The molecule has 7 heteroatoms. The van der Waals surface area contributed by atoms with E-state index >= 15 is 0 Å². The Morgan fingerprint density at radius 1 is 1.26 bits per heavy atom. The number of sulfonamides is 1. The lowest BCUT2D eigenvalue weighted by atomic mass is 9.85. The smallest absolute Gasteiger partial charge is 0.243 e. The van der Waals surface area contributed by atoms with Gasteiger partial charge in [-0.2, -0.15) is 4.31 Å². The first-order valence-electron chi connectivity index (χ1n) is 10.1. The van der Waals surface area contributed by atoms with E-state index in [4.69, 9.17) is 0 Å². The first-order chi connectivity index (χ1) is 13.0. The highest BCUT2D eigenvalue weighted by Gasteiger charge is 2.26. The average molecular weight is 394 g/mol. The summed E-state index contributed by atoms with van der Waals surface area (Å²) >= 11 is 0. The van der Waals surface area contributed by atoms with Crippen LogP contribution in [0.3, 0.4) is 0 Å². The first kappa shape index (κ1) is 20.3. The van der Waals surface area contributed by atoms with Gasteiger partial charge in [-0.25, -0.2) is 8.42 Å². The summed E-state index contributed by atoms with van der Waals surface area (Å²) in [4.78, 5) is 12.7. The standard InChI is InChI=1S/C20H31N3O3S/c1-16(17-7-6-10-21-15-17)13-20(24)22-18-8-5-9-19(14-18)27(25,26)23-11-3-2-4-12-23/h5,8-9,14,16-17,21H,2-4,6-7,10-13,15H2,1H3,(H,22,24). The summed E-state index contributed by atoms with van der Waals surface area (Å²) in [7, 11) is -3.49. The monoisotopic (exact) mass is 393 g/mol. The van der Waals surface area contributed by atoms with Crippen LogP contribution in [-0.2, 0) is 14.8 Å². The second-order valence-corrected chi connectivity index (χ2v) is 9.77. The summed E-state index contributed by atoms with van der Waals surface area (Å²) in [5.41, 5.74) is 0.548. The molecule has 0 aromatic heterocycles. The van der Waals surface area contributed by atoms with Gasteiger partial charge in [0.1, 0.15) is 0 Å². The van der Waals surface area contributed by atoms with Gasteiger partial charge in [0.25, 0.3) is 0 Å². The van der Waals surface area contributed by atoms with E-state index in [1.165, 1.54) is 0 Å². The number of hydrogen-bond donors (Lipinski definition) is 2. The molecule has 150 valence electrons. The van der Waals surface area contributed by atoms with E-state index in [9.17, 15) is 13.2 Å². The van der Waals surface area contributed by atoms with Crippen molar-refractivity contribution in [3.63, 3.8) is 0 Å². The molecule has 0 saturated carbocycles. The summed E-state index contributed by atoms with van der Waals surface area (Å²) < 4.78 is 27.2. The van der Waals surface area contributed by atoms with E-state index in [-0.39, 0.29) is 10.8 Å². The first-order valence-corrected chi connectivity index (χ1v) is 11.5. The average Bonchev–Trinajstić information content (AvgIpc) is 2.69. The van der Waals surface area contributed by atoms with Crippen LogP contribution in [0.1, 0.15) is 45.4 Å². The van der Waals surface area contributed by atoms with Crippen LogP contribution >= 0.6 is 0 Å². The lowest BCUT2D eigenvalue weighted by Gasteiger charge is -2.28. The van der Waals surface area contributed by atoms with Crippen LogP contribution in [0.25, 0.3) is 0 Å². The Bertz CT molecular complexity index is 739. The molecule has 2 fully saturated rings. The maximum Gasteiger partial charge on any atom is 0.243 e. The van der Waals surface area contributed by atoms with Gasteiger partial charge in [-0.1, -0.05) is 19.4 Å². The van der Waals surface area contributed by atoms with Crippen molar-refractivity contribution in [1.29, 1.82) is 0 Å². The van der Waals surface area contributed by atoms with Gasteiger partial charge in [-0.05, 0) is 68.8 Å². The molecule has 6 nitrogen and oxygen atoms in total. The van der Waals surface area contributed by atoms with Gasteiger partial charge >= 0.3 is 0 Å². The van der Waals surface area contributed by atoms with Crippen LogP contribution < -0.4 is 10.6 Å². The fourth-order valence-electron chi connectivity index (χ4n) is 4.02. The van der Waals surface area contributed by atoms with Crippen molar-refractivity contribution in [1.82, 2.24) is 9.62 Å². The molecule has 2 N–H and O–H groups in total. The van der Waals surface area contributed by atoms with E-state index in [2.05, 4.69) is 17.6 Å². The normalized spacial score (nSPS) is 22.9. The summed E-state index contributed by atoms with van der Waals surface area (Å²) in [6.45, 7) is 5.30. The highest BCUT2D eigenvalue weighted by Crippen LogP contribution is 2.25. The molecule has 2 saturated heterocycles. The maximum atomic E-state index is 12.8. The van der Waals surface area contributed by atoms with Crippen molar-refractivity contribution >= 4 is 21.6 Å². The molecule has 2 aliphatic rings. The van der Waals surface area contributed by atoms with Gasteiger partial charge in [0.2, 0.25) is 15.9 Å². The quantitative estimate of drug-likeness (QED) is 0.779. The van der Waals surface area contributed by atoms with Gasteiger partial charge in [0, 0.05) is 25.2 Å². The Morgan fingerprint density at radius 3 is 2.74 bits per heavy atom. The van der Waals surface area contributed by atoms with Crippen molar-refractivity contribution in [3.8, 4) is 0 Å². The topological polar surface area (TPSA) is 78.5 Å². The number of benzene rings is 1. The van der Waals surface area contributed by atoms with Crippen LogP contribution in [0.15, 0.2) is 29.2 Å². The highest BCUT2D eigenvalue weighted by molar-refractivity contribution is 7.89. The number of hydrogen-bond acceptors (Lipinski definition) is 4. The Hall–Kier alpha value is -1.44. The fraction of sp³-hybridized carbons (Fsp3) is 0.650. The largest absolute Gasteiger partial charge is 0.326 e. The Balaban J connectivity index is 1.62. The number of amides is 1. The van der Waals surface area contributed by atoms with Crippen molar-refractivity contribution in [3.05, 3.63) is 24.3 Å². The molecule has 0 radical (unpaired) electrons. The maximum absolute atomic E-state index is 12.8. The summed E-state index contributed by atoms with van der Waals surface area (Å²) in [6.07, 6.45) is 5.66. The van der Waals surface area contributed by atoms with Crippen LogP contribution in [0.5, 0.6) is 0 Å². The zero-order chi connectivity index (χ0) is 19.3. The van der Waals surface area contributed by atoms with Crippen molar-refractivity contribution in [2.45, 2.75) is 50.3 Å². The summed E-state index contributed by atoms with van der Waals surface area (Å²) in [5, 5.41) is 6.28. The third-order valence-corrected chi connectivity index (χ3v) is 7.61. The van der Waals surface area contributed by atoms with E-state index in [1.807, 2.05) is 0 Å². The molecule has 2 aliphatic heterocycles. The Morgan fingerprint density at radius 2 is 2.04 bits per heavy atom. The summed E-state index contributed by atoms with van der Waals surface area (Å²) in [5.74, 6) is 0.772. The van der Waals surface area contributed by atoms with E-state index < -0.39 is 10.0 Å². The number of nitrogens with zero attached hydrogens (tertiary/aromatic N) is 1. The van der Waals surface area contributed by atoms with Gasteiger partial charge in [-0.15, -0.1) is 0 Å². The lowest BCUT2D eigenvalue weighted by molar-refractivity contribution is -0.117. The van der Waals surface area contributed by atoms with Crippen molar-refractivity contribution in [2.75, 3.05) is 31.5 Å². The summed E-state index contributed by atoms with van der Waals surface area (Å²) in [6, 6.07) is 6.63. The van der Waals surface area contributed by atoms with Crippen molar-refractivity contribution < 1.29 is 13.2 Å². The van der Waals surface area contributed by atoms with Gasteiger partial charge < -0.3 is 10.6 Å². The molecule has 1 aromatic rings. The number of piperidine rings is 2. The van der Waals surface area contributed by atoms with E-state index in [1.54, 1.807) is 28.6 Å². The predicted octanol–water partition coefficient (Wildman–Crippen LogP) is 2.83. The zero-order valence-electron chi connectivity index (χ0n) is 16.1. The van der Waals surface area contributed by atoms with Crippen molar-refractivity contribution in [2.24, 2.45) is 11.8 Å². The van der Waals surface area contributed by atoms with Gasteiger partial charge in [0.05, 0.1) is 4.90 Å². The number of carbonyl (C=O) groups is 1. The Kier molecular flexibility index (Phi) is 6.89. The van der Waals surface area contributed by atoms with E-state index in [0.717, 1.165) is 45.2 Å². The van der Waals surface area contributed by atoms with Crippen LogP contribution in [0.2, 0.25) is 0 Å². The Labute approximate surface area is 162 Å². The number of rotatable bonds is 6. The van der Waals surface area contributed by atoms with Crippen LogP contribution in [0.4, 0.5) is 5.69 Å². The lowest BCUT2D eigenvalue weighted by Crippen LogP contribution is -2.35. The number of nitrogens with one attached hydrogen (secondary N) is 2. The number of anilines is 1. The molecule has 0 spiro atoms. The molecule has 0 bridgehead atoms. The molecule has 2 atom stereocenters. The fourth-order valence-corrected chi connectivity index (χ4v) is 5.59. The molecular weight excluding hydrogens is 362 g/mol. The number of carbonyl (C=O) groups excluding carboxylic acids is 1. The minimum Gasteiger partial charge on any atom is -0.326 e. The second-order valence-electron chi connectivity index (χ2n) is 7.83. The molecule has 1 aromatic carbocycles. The molecule has 0 aliphatic carbocycles. The molecule has 2 unspecified atom stereocenters. The van der Waals surface area contributed by atoms with Crippen LogP contribution in [0, 0.1) is 11.8 Å². The second kappa shape index (κ2) is 9.17. The zero-order valence-corrected chi connectivity index (χ0v) is 16.9. The molecule has 3 rings (SSSR count). The van der Waals surface area contributed by atoms with Crippen LogP contribution in [-0.4, -0.2) is 44.8 Å². The predicted molar refractivity (Wildman–Crippen MR) is 107 cm³/mol. The van der Waals surface area contributed by atoms with E-state index in [0.29, 0.717) is 37.0 Å². The SMILES string of the molecule is CC(CC(=O)Nc1cccc(S(=O)(=O)N2CCCCC2)c1)C1CCCNC1. The van der Waals surface area contributed by atoms with Gasteiger partial charge in [0.15, 0.2) is 0 Å².